The maximum absolute atomic E-state index is 12.8. The Morgan fingerprint density at radius 1 is 1.24 bits per heavy atom. The summed E-state index contributed by atoms with van der Waals surface area (Å²) in [4.78, 5) is 7.04. The van der Waals surface area contributed by atoms with Crippen LogP contribution in [0.5, 0.6) is 0 Å². The van der Waals surface area contributed by atoms with Gasteiger partial charge in [-0.3, -0.25) is 0 Å². The molecule has 0 saturated heterocycles. The number of hydrogen-bond acceptors (Lipinski definition) is 5. The van der Waals surface area contributed by atoms with Crippen molar-refractivity contribution in [3.8, 4) is 0 Å². The third kappa shape index (κ3) is 5.74. The van der Waals surface area contributed by atoms with Crippen molar-refractivity contribution in [2.75, 3.05) is 30.9 Å². The van der Waals surface area contributed by atoms with E-state index in [1.54, 1.807) is 7.11 Å². The molecule has 0 fully saturated rings. The molecule has 0 aromatic carbocycles. The molecule has 0 saturated carbocycles. The molecule has 0 aliphatic heterocycles. The minimum atomic E-state index is -4.58. The van der Waals surface area contributed by atoms with Crippen molar-refractivity contribution in [2.24, 2.45) is 0 Å². The van der Waals surface area contributed by atoms with Crippen molar-refractivity contribution in [3.05, 3.63) is 11.9 Å². The number of rotatable bonds is 8. The standard InChI is InChI=1S/C13H21F3N4O/c1-4-6-17-10-7-11(18-9(5-2)8-21-3)20-12(19-10)13(14,15)16/h7,9H,4-6,8H2,1-3H3,(H2,17,18,19,20). The van der Waals surface area contributed by atoms with E-state index >= 15 is 0 Å². The fraction of sp³-hybridized carbons (Fsp3) is 0.692. The summed E-state index contributed by atoms with van der Waals surface area (Å²) in [5.74, 6) is -0.854. The number of aromatic nitrogens is 2. The number of halogens is 3. The molecule has 0 aliphatic rings. The van der Waals surface area contributed by atoms with Gasteiger partial charge in [0.2, 0.25) is 5.82 Å². The highest BCUT2D eigenvalue weighted by Gasteiger charge is 2.35. The van der Waals surface area contributed by atoms with Crippen LogP contribution in [0.15, 0.2) is 6.07 Å². The second kappa shape index (κ2) is 8.02. The smallest absolute Gasteiger partial charge is 0.383 e. The molecule has 5 nitrogen and oxygen atoms in total. The average Bonchev–Trinajstić information content (AvgIpc) is 2.43. The van der Waals surface area contributed by atoms with E-state index in [9.17, 15) is 13.2 Å². The van der Waals surface area contributed by atoms with Gasteiger partial charge in [0.25, 0.3) is 0 Å². The third-order valence-electron chi connectivity index (χ3n) is 2.75. The van der Waals surface area contributed by atoms with Crippen LogP contribution in [-0.4, -0.2) is 36.3 Å². The van der Waals surface area contributed by atoms with Crippen molar-refractivity contribution in [3.63, 3.8) is 0 Å². The first-order valence-corrected chi connectivity index (χ1v) is 6.86. The zero-order chi connectivity index (χ0) is 15.9. The minimum absolute atomic E-state index is 0.106. The Balaban J connectivity index is 3.00. The zero-order valence-electron chi connectivity index (χ0n) is 12.4. The number of methoxy groups -OCH3 is 1. The number of anilines is 2. The largest absolute Gasteiger partial charge is 0.451 e. The molecule has 1 aromatic heterocycles. The summed E-state index contributed by atoms with van der Waals surface area (Å²) in [6, 6.07) is 1.37. The number of ether oxygens (including phenoxy) is 1. The number of hydrogen-bond donors (Lipinski definition) is 2. The van der Waals surface area contributed by atoms with Gasteiger partial charge >= 0.3 is 6.18 Å². The molecule has 2 N–H and O–H groups in total. The summed E-state index contributed by atoms with van der Waals surface area (Å²) in [6.45, 7) is 4.77. The van der Waals surface area contributed by atoms with E-state index in [-0.39, 0.29) is 17.7 Å². The summed E-state index contributed by atoms with van der Waals surface area (Å²) >= 11 is 0. The van der Waals surface area contributed by atoms with E-state index in [0.29, 0.717) is 19.6 Å². The van der Waals surface area contributed by atoms with Crippen LogP contribution in [-0.2, 0) is 10.9 Å². The van der Waals surface area contributed by atoms with Crippen LogP contribution in [0.2, 0.25) is 0 Å². The molecule has 0 amide bonds. The van der Waals surface area contributed by atoms with Gasteiger partial charge in [-0.15, -0.1) is 0 Å². The van der Waals surface area contributed by atoms with Crippen LogP contribution >= 0.6 is 0 Å². The predicted molar refractivity (Wildman–Crippen MR) is 75.4 cm³/mol. The Morgan fingerprint density at radius 2 is 1.90 bits per heavy atom. The Hall–Kier alpha value is -1.57. The second-order valence-corrected chi connectivity index (χ2v) is 4.59. The van der Waals surface area contributed by atoms with Crippen molar-refractivity contribution >= 4 is 11.6 Å². The molecule has 1 unspecified atom stereocenters. The van der Waals surface area contributed by atoms with Crippen LogP contribution in [0.3, 0.4) is 0 Å². The first-order chi connectivity index (χ1) is 9.90. The lowest BCUT2D eigenvalue weighted by atomic mass is 10.2. The van der Waals surface area contributed by atoms with E-state index in [0.717, 1.165) is 6.42 Å². The molecule has 0 bridgehead atoms. The lowest BCUT2D eigenvalue weighted by Gasteiger charge is -2.18. The van der Waals surface area contributed by atoms with Crippen LogP contribution in [0.25, 0.3) is 0 Å². The summed E-state index contributed by atoms with van der Waals surface area (Å²) in [7, 11) is 1.54. The molecule has 1 atom stereocenters. The number of nitrogens with zero attached hydrogens (tertiary/aromatic N) is 2. The number of nitrogens with one attached hydrogen (secondary N) is 2. The molecule has 1 heterocycles. The Kier molecular flexibility index (Phi) is 6.67. The van der Waals surface area contributed by atoms with Gasteiger partial charge in [0, 0.05) is 19.7 Å². The van der Waals surface area contributed by atoms with Crippen LogP contribution in [0, 0.1) is 0 Å². The van der Waals surface area contributed by atoms with Crippen LogP contribution in [0.4, 0.5) is 24.8 Å². The van der Waals surface area contributed by atoms with Crippen molar-refractivity contribution in [1.29, 1.82) is 0 Å². The molecule has 21 heavy (non-hydrogen) atoms. The highest BCUT2D eigenvalue weighted by molar-refractivity contribution is 5.48. The molecule has 1 aromatic rings. The third-order valence-corrected chi connectivity index (χ3v) is 2.75. The Bertz CT molecular complexity index is 440. The monoisotopic (exact) mass is 306 g/mol. The molecule has 0 spiro atoms. The molecular weight excluding hydrogens is 285 g/mol. The first kappa shape index (κ1) is 17.5. The van der Waals surface area contributed by atoms with E-state index in [1.165, 1.54) is 6.07 Å². The fourth-order valence-electron chi connectivity index (χ4n) is 1.66. The first-order valence-electron chi connectivity index (χ1n) is 6.86. The number of alkyl halides is 3. The zero-order valence-corrected chi connectivity index (χ0v) is 12.4. The van der Waals surface area contributed by atoms with Crippen LogP contribution in [0.1, 0.15) is 32.5 Å². The minimum Gasteiger partial charge on any atom is -0.383 e. The maximum atomic E-state index is 12.8. The van der Waals surface area contributed by atoms with Gasteiger partial charge in [0.1, 0.15) is 11.6 Å². The van der Waals surface area contributed by atoms with Gasteiger partial charge in [-0.25, -0.2) is 9.97 Å². The summed E-state index contributed by atoms with van der Waals surface area (Å²) < 4.78 is 43.5. The van der Waals surface area contributed by atoms with Gasteiger partial charge in [-0.1, -0.05) is 13.8 Å². The highest BCUT2D eigenvalue weighted by Crippen LogP contribution is 2.28. The van der Waals surface area contributed by atoms with Gasteiger partial charge in [-0.2, -0.15) is 13.2 Å². The second-order valence-electron chi connectivity index (χ2n) is 4.59. The van der Waals surface area contributed by atoms with Crippen molar-refractivity contribution in [1.82, 2.24) is 9.97 Å². The fourth-order valence-corrected chi connectivity index (χ4v) is 1.66. The molecule has 1 rings (SSSR count). The summed E-state index contributed by atoms with van der Waals surface area (Å²) in [5, 5.41) is 5.79. The summed E-state index contributed by atoms with van der Waals surface area (Å²) in [5.41, 5.74) is 0. The van der Waals surface area contributed by atoms with E-state index in [2.05, 4.69) is 20.6 Å². The lowest BCUT2D eigenvalue weighted by Crippen LogP contribution is -2.25. The van der Waals surface area contributed by atoms with E-state index < -0.39 is 12.0 Å². The Labute approximate surface area is 122 Å². The Morgan fingerprint density at radius 3 is 2.43 bits per heavy atom. The highest BCUT2D eigenvalue weighted by atomic mass is 19.4. The van der Waals surface area contributed by atoms with E-state index in [1.807, 2.05) is 13.8 Å². The van der Waals surface area contributed by atoms with Gasteiger partial charge in [-0.05, 0) is 12.8 Å². The molecule has 0 aliphatic carbocycles. The van der Waals surface area contributed by atoms with Gasteiger partial charge in [0.15, 0.2) is 0 Å². The summed E-state index contributed by atoms with van der Waals surface area (Å²) in [6.07, 6.45) is -3.09. The molecular formula is C13H21F3N4O. The predicted octanol–water partition coefficient (Wildman–Crippen LogP) is 3.15. The van der Waals surface area contributed by atoms with Gasteiger partial charge in [0.05, 0.1) is 12.6 Å². The molecule has 8 heteroatoms. The lowest BCUT2D eigenvalue weighted by molar-refractivity contribution is -0.144. The average molecular weight is 306 g/mol. The van der Waals surface area contributed by atoms with Crippen molar-refractivity contribution < 1.29 is 17.9 Å². The SMILES string of the molecule is CCCNc1cc(NC(CC)COC)nc(C(F)(F)F)n1. The normalized spacial score (nSPS) is 13.0. The molecule has 0 radical (unpaired) electrons. The van der Waals surface area contributed by atoms with E-state index in [4.69, 9.17) is 4.74 Å². The maximum Gasteiger partial charge on any atom is 0.451 e. The van der Waals surface area contributed by atoms with Gasteiger partial charge < -0.3 is 15.4 Å². The van der Waals surface area contributed by atoms with Crippen molar-refractivity contribution in [2.45, 2.75) is 38.9 Å². The molecule has 120 valence electrons. The topological polar surface area (TPSA) is 59.1 Å². The van der Waals surface area contributed by atoms with Crippen LogP contribution < -0.4 is 10.6 Å². The quantitative estimate of drug-likeness (QED) is 0.772.